The van der Waals surface area contributed by atoms with E-state index in [1.807, 2.05) is 17.9 Å². The van der Waals surface area contributed by atoms with Crippen LogP contribution in [0.1, 0.15) is 36.8 Å². The topological polar surface area (TPSA) is 21.1 Å². The molecule has 0 radical (unpaired) electrons. The van der Waals surface area contributed by atoms with E-state index in [-0.39, 0.29) is 0 Å². The lowest BCUT2D eigenvalue weighted by Gasteiger charge is -2.45. The van der Waals surface area contributed by atoms with Crippen molar-refractivity contribution >= 4 is 16.5 Å². The standard InChI is InChI=1S/C23H25N3/c1-25-23-14-18(10-11-19(23)15-24-25)20-12-21-8-5-9-22(13-20)26(21)16-17-6-3-2-4-7-17/h2-4,6-7,10-12,14-15,21-22H,5,8-9,13,16H2,1H3. The van der Waals surface area contributed by atoms with Crippen LogP contribution in [0.5, 0.6) is 0 Å². The van der Waals surface area contributed by atoms with Crippen molar-refractivity contribution in [3.8, 4) is 0 Å². The van der Waals surface area contributed by atoms with Crippen LogP contribution in [0.4, 0.5) is 0 Å². The molecule has 2 aromatic carbocycles. The lowest BCUT2D eigenvalue weighted by Crippen LogP contribution is -2.47. The second kappa shape index (κ2) is 6.40. The number of piperidine rings is 1. The predicted octanol–water partition coefficient (Wildman–Crippen LogP) is 4.78. The van der Waals surface area contributed by atoms with E-state index in [4.69, 9.17) is 0 Å². The number of benzene rings is 2. The van der Waals surface area contributed by atoms with E-state index in [0.29, 0.717) is 12.1 Å². The summed E-state index contributed by atoms with van der Waals surface area (Å²) in [6.07, 6.45) is 9.59. The molecule has 3 heteroatoms. The fourth-order valence-electron chi connectivity index (χ4n) is 4.72. The monoisotopic (exact) mass is 343 g/mol. The van der Waals surface area contributed by atoms with E-state index in [1.54, 1.807) is 0 Å². The summed E-state index contributed by atoms with van der Waals surface area (Å²) in [6, 6.07) is 19.0. The second-order valence-electron chi connectivity index (χ2n) is 7.75. The summed E-state index contributed by atoms with van der Waals surface area (Å²) in [5.41, 5.74) is 5.54. The van der Waals surface area contributed by atoms with Gasteiger partial charge in [-0.2, -0.15) is 5.10 Å². The fourth-order valence-corrected chi connectivity index (χ4v) is 4.72. The van der Waals surface area contributed by atoms with Crippen molar-refractivity contribution < 1.29 is 0 Å². The van der Waals surface area contributed by atoms with Crippen molar-refractivity contribution in [1.82, 2.24) is 14.7 Å². The molecule has 26 heavy (non-hydrogen) atoms. The third-order valence-electron chi connectivity index (χ3n) is 6.11. The molecular weight excluding hydrogens is 318 g/mol. The zero-order chi connectivity index (χ0) is 17.5. The highest BCUT2D eigenvalue weighted by Gasteiger charge is 2.34. The quantitative estimate of drug-likeness (QED) is 0.682. The molecule has 132 valence electrons. The molecule has 1 fully saturated rings. The Balaban J connectivity index is 1.46. The lowest BCUT2D eigenvalue weighted by atomic mass is 9.82. The molecule has 0 spiro atoms. The first-order valence-electron chi connectivity index (χ1n) is 9.70. The van der Waals surface area contributed by atoms with Gasteiger partial charge in [-0.05, 0) is 42.0 Å². The van der Waals surface area contributed by atoms with Crippen molar-refractivity contribution in [2.24, 2.45) is 7.05 Å². The van der Waals surface area contributed by atoms with Crippen LogP contribution in [-0.4, -0.2) is 26.8 Å². The fraction of sp³-hybridized carbons (Fsp3) is 0.348. The van der Waals surface area contributed by atoms with Crippen molar-refractivity contribution in [3.05, 3.63) is 71.9 Å². The molecular formula is C23H25N3. The number of aromatic nitrogens is 2. The van der Waals surface area contributed by atoms with Gasteiger partial charge in [-0.15, -0.1) is 0 Å². The van der Waals surface area contributed by atoms with Gasteiger partial charge in [-0.25, -0.2) is 0 Å². The molecule has 0 N–H and O–H groups in total. The van der Waals surface area contributed by atoms with Gasteiger partial charge < -0.3 is 0 Å². The lowest BCUT2D eigenvalue weighted by molar-refractivity contribution is 0.0951. The van der Waals surface area contributed by atoms with Gasteiger partial charge in [0.25, 0.3) is 0 Å². The van der Waals surface area contributed by atoms with Gasteiger partial charge in [-0.3, -0.25) is 9.58 Å². The molecule has 3 nitrogen and oxygen atoms in total. The molecule has 0 aliphatic carbocycles. The van der Waals surface area contributed by atoms with Crippen molar-refractivity contribution in [3.63, 3.8) is 0 Å². The van der Waals surface area contributed by atoms with Gasteiger partial charge >= 0.3 is 0 Å². The molecule has 3 aromatic rings. The van der Waals surface area contributed by atoms with Crippen LogP contribution in [0.3, 0.4) is 0 Å². The second-order valence-corrected chi connectivity index (χ2v) is 7.75. The van der Waals surface area contributed by atoms with Crippen molar-refractivity contribution in [2.75, 3.05) is 0 Å². The minimum absolute atomic E-state index is 0.569. The Kier molecular flexibility index (Phi) is 3.90. The number of rotatable bonds is 3. The average Bonchev–Trinajstić information content (AvgIpc) is 3.03. The van der Waals surface area contributed by atoms with Crippen LogP contribution in [0.2, 0.25) is 0 Å². The van der Waals surface area contributed by atoms with E-state index < -0.39 is 0 Å². The first-order chi connectivity index (χ1) is 12.8. The summed E-state index contributed by atoms with van der Waals surface area (Å²) in [4.78, 5) is 2.73. The van der Waals surface area contributed by atoms with E-state index in [2.05, 4.69) is 64.6 Å². The molecule has 3 heterocycles. The molecule has 1 saturated heterocycles. The Labute approximate surface area is 154 Å². The zero-order valence-electron chi connectivity index (χ0n) is 15.3. The molecule has 2 bridgehead atoms. The number of hydrogen-bond donors (Lipinski definition) is 0. The summed E-state index contributed by atoms with van der Waals surface area (Å²) in [5, 5.41) is 5.61. The van der Waals surface area contributed by atoms with Crippen LogP contribution < -0.4 is 0 Å². The molecule has 2 aliphatic heterocycles. The van der Waals surface area contributed by atoms with Crippen LogP contribution in [-0.2, 0) is 13.6 Å². The predicted molar refractivity (Wildman–Crippen MR) is 107 cm³/mol. The van der Waals surface area contributed by atoms with Crippen LogP contribution >= 0.6 is 0 Å². The minimum Gasteiger partial charge on any atom is -0.289 e. The first kappa shape index (κ1) is 15.8. The van der Waals surface area contributed by atoms with Crippen molar-refractivity contribution in [1.29, 1.82) is 0 Å². The highest BCUT2D eigenvalue weighted by Crippen LogP contribution is 2.38. The molecule has 0 amide bonds. The molecule has 1 aromatic heterocycles. The number of nitrogens with zero attached hydrogens (tertiary/aromatic N) is 3. The Morgan fingerprint density at radius 1 is 1.08 bits per heavy atom. The third-order valence-corrected chi connectivity index (χ3v) is 6.11. The Hall–Kier alpha value is -2.39. The largest absolute Gasteiger partial charge is 0.289 e. The summed E-state index contributed by atoms with van der Waals surface area (Å²) in [5.74, 6) is 0. The summed E-state index contributed by atoms with van der Waals surface area (Å²) in [7, 11) is 2.03. The Morgan fingerprint density at radius 3 is 2.81 bits per heavy atom. The SMILES string of the molecule is Cn1ncc2ccc(C3=CC4CCCC(C3)N4Cc3ccccc3)cc21. The summed E-state index contributed by atoms with van der Waals surface area (Å²) < 4.78 is 1.98. The molecule has 2 atom stereocenters. The van der Waals surface area contributed by atoms with Gasteiger partial charge in [0.05, 0.1) is 11.7 Å². The smallest absolute Gasteiger partial charge is 0.0685 e. The number of aryl methyl sites for hydroxylation is 1. The van der Waals surface area contributed by atoms with E-state index in [9.17, 15) is 0 Å². The first-order valence-corrected chi connectivity index (χ1v) is 9.70. The van der Waals surface area contributed by atoms with Crippen molar-refractivity contribution in [2.45, 2.75) is 44.3 Å². The Bertz CT molecular complexity index is 954. The zero-order valence-corrected chi connectivity index (χ0v) is 15.3. The average molecular weight is 343 g/mol. The van der Waals surface area contributed by atoms with Crippen LogP contribution in [0.15, 0.2) is 60.8 Å². The van der Waals surface area contributed by atoms with Gasteiger partial charge in [0.1, 0.15) is 0 Å². The highest BCUT2D eigenvalue weighted by molar-refractivity contribution is 5.83. The third kappa shape index (κ3) is 2.77. The highest BCUT2D eigenvalue weighted by atomic mass is 15.2. The number of hydrogen-bond acceptors (Lipinski definition) is 2. The van der Waals surface area contributed by atoms with Crippen LogP contribution in [0, 0.1) is 0 Å². The van der Waals surface area contributed by atoms with Gasteiger partial charge in [-0.1, -0.05) is 55.0 Å². The van der Waals surface area contributed by atoms with E-state index in [1.165, 1.54) is 46.9 Å². The van der Waals surface area contributed by atoms with Gasteiger partial charge in [0.15, 0.2) is 0 Å². The molecule has 2 unspecified atom stereocenters. The molecule has 5 rings (SSSR count). The van der Waals surface area contributed by atoms with E-state index >= 15 is 0 Å². The molecule has 2 aliphatic rings. The summed E-state index contributed by atoms with van der Waals surface area (Å²) >= 11 is 0. The molecule has 0 saturated carbocycles. The Morgan fingerprint density at radius 2 is 1.96 bits per heavy atom. The minimum atomic E-state index is 0.569. The maximum absolute atomic E-state index is 4.39. The van der Waals surface area contributed by atoms with Gasteiger partial charge in [0.2, 0.25) is 0 Å². The summed E-state index contributed by atoms with van der Waals surface area (Å²) in [6.45, 7) is 1.07. The van der Waals surface area contributed by atoms with Gasteiger partial charge in [0, 0.05) is 31.1 Å². The van der Waals surface area contributed by atoms with E-state index in [0.717, 1.165) is 13.0 Å². The maximum atomic E-state index is 4.39. The normalized spacial score (nSPS) is 23.2. The number of fused-ring (bicyclic) bond motifs is 3. The maximum Gasteiger partial charge on any atom is 0.0685 e. The van der Waals surface area contributed by atoms with Crippen LogP contribution in [0.25, 0.3) is 16.5 Å².